The number of rotatable bonds is 3. The lowest BCUT2D eigenvalue weighted by Crippen LogP contribution is -2.49. The molecule has 0 spiro atoms. The average Bonchev–Trinajstić information content (AvgIpc) is 2.39. The normalized spacial score (nSPS) is 16.0. The summed E-state index contributed by atoms with van der Waals surface area (Å²) < 4.78 is 0. The Bertz CT molecular complexity index is 499. The minimum Gasteiger partial charge on any atom is -0.340 e. The van der Waals surface area contributed by atoms with Crippen LogP contribution in [0.3, 0.4) is 0 Å². The van der Waals surface area contributed by atoms with Crippen molar-refractivity contribution in [3.63, 3.8) is 0 Å². The topological polar surface area (TPSA) is 52.7 Å². The molecular formula is C14H18ClN3O2. The molecule has 0 aliphatic carbocycles. The Kier molecular flexibility index (Phi) is 4.98. The number of carbonyl (C=O) groups excluding carboxylic acids is 2. The Labute approximate surface area is 123 Å². The molecule has 1 fully saturated rings. The molecule has 6 heteroatoms. The summed E-state index contributed by atoms with van der Waals surface area (Å²) in [5.74, 6) is 0.0246. The third-order valence-electron chi connectivity index (χ3n) is 3.29. The number of halogens is 1. The van der Waals surface area contributed by atoms with Crippen molar-refractivity contribution in [2.45, 2.75) is 6.92 Å². The van der Waals surface area contributed by atoms with Gasteiger partial charge in [0.05, 0.1) is 6.54 Å². The quantitative estimate of drug-likeness (QED) is 0.918. The molecule has 0 saturated carbocycles. The van der Waals surface area contributed by atoms with E-state index in [2.05, 4.69) is 5.32 Å². The number of hydrogen-bond donors (Lipinski definition) is 1. The van der Waals surface area contributed by atoms with Gasteiger partial charge in [-0.1, -0.05) is 17.7 Å². The predicted molar refractivity (Wildman–Crippen MR) is 78.8 cm³/mol. The monoisotopic (exact) mass is 295 g/mol. The molecule has 2 amide bonds. The summed E-state index contributed by atoms with van der Waals surface area (Å²) in [4.78, 5) is 27.0. The van der Waals surface area contributed by atoms with Gasteiger partial charge in [-0.3, -0.25) is 14.5 Å². The lowest BCUT2D eigenvalue weighted by Gasteiger charge is -2.33. The van der Waals surface area contributed by atoms with E-state index in [4.69, 9.17) is 11.6 Å². The number of nitrogens with zero attached hydrogens (tertiary/aromatic N) is 2. The highest BCUT2D eigenvalue weighted by atomic mass is 35.5. The van der Waals surface area contributed by atoms with Gasteiger partial charge in [0.2, 0.25) is 11.8 Å². The van der Waals surface area contributed by atoms with Gasteiger partial charge in [0.1, 0.15) is 0 Å². The Morgan fingerprint density at radius 2 is 1.95 bits per heavy atom. The largest absolute Gasteiger partial charge is 0.340 e. The zero-order valence-electron chi connectivity index (χ0n) is 11.4. The first-order chi connectivity index (χ1) is 9.54. The van der Waals surface area contributed by atoms with Gasteiger partial charge in [0.15, 0.2) is 0 Å². The second kappa shape index (κ2) is 6.72. The maximum Gasteiger partial charge on any atom is 0.238 e. The molecule has 20 heavy (non-hydrogen) atoms. The molecule has 0 atom stereocenters. The molecular weight excluding hydrogens is 278 g/mol. The molecule has 1 aliphatic rings. The summed E-state index contributed by atoms with van der Waals surface area (Å²) in [5.41, 5.74) is 0.699. The minimum absolute atomic E-state index is 0.0662. The van der Waals surface area contributed by atoms with Crippen LogP contribution in [0.15, 0.2) is 24.3 Å². The number of anilines is 1. The van der Waals surface area contributed by atoms with Gasteiger partial charge in [-0.05, 0) is 18.2 Å². The number of piperazine rings is 1. The van der Waals surface area contributed by atoms with Crippen LogP contribution in [-0.4, -0.2) is 54.3 Å². The number of benzene rings is 1. The van der Waals surface area contributed by atoms with E-state index in [1.54, 1.807) is 36.1 Å². The van der Waals surface area contributed by atoms with Gasteiger partial charge in [-0.2, -0.15) is 0 Å². The molecule has 0 radical (unpaired) electrons. The molecule has 0 unspecified atom stereocenters. The smallest absolute Gasteiger partial charge is 0.238 e. The maximum absolute atomic E-state index is 11.9. The van der Waals surface area contributed by atoms with E-state index in [0.717, 1.165) is 13.1 Å². The van der Waals surface area contributed by atoms with Crippen LogP contribution in [0.25, 0.3) is 0 Å². The van der Waals surface area contributed by atoms with E-state index >= 15 is 0 Å². The highest BCUT2D eigenvalue weighted by molar-refractivity contribution is 6.30. The van der Waals surface area contributed by atoms with E-state index < -0.39 is 0 Å². The lowest BCUT2D eigenvalue weighted by atomic mass is 10.3. The van der Waals surface area contributed by atoms with Gasteiger partial charge in [0, 0.05) is 43.8 Å². The van der Waals surface area contributed by atoms with Crippen molar-refractivity contribution < 1.29 is 9.59 Å². The van der Waals surface area contributed by atoms with E-state index in [1.165, 1.54) is 0 Å². The van der Waals surface area contributed by atoms with Crippen molar-refractivity contribution in [2.24, 2.45) is 0 Å². The average molecular weight is 296 g/mol. The predicted octanol–water partition coefficient (Wildman–Crippen LogP) is 1.44. The lowest BCUT2D eigenvalue weighted by molar-refractivity contribution is -0.130. The molecule has 1 aliphatic heterocycles. The van der Waals surface area contributed by atoms with Crippen molar-refractivity contribution in [3.8, 4) is 0 Å². The molecule has 5 nitrogen and oxygen atoms in total. The van der Waals surface area contributed by atoms with Gasteiger partial charge in [-0.15, -0.1) is 0 Å². The molecule has 1 aromatic rings. The molecule has 1 aromatic carbocycles. The van der Waals surface area contributed by atoms with Crippen LogP contribution >= 0.6 is 11.6 Å². The van der Waals surface area contributed by atoms with E-state index in [-0.39, 0.29) is 11.8 Å². The Morgan fingerprint density at radius 1 is 1.25 bits per heavy atom. The molecule has 0 bridgehead atoms. The Morgan fingerprint density at radius 3 is 2.55 bits per heavy atom. The van der Waals surface area contributed by atoms with Crippen molar-refractivity contribution in [3.05, 3.63) is 29.3 Å². The van der Waals surface area contributed by atoms with Gasteiger partial charge in [0.25, 0.3) is 0 Å². The summed E-state index contributed by atoms with van der Waals surface area (Å²) in [7, 11) is 0. The van der Waals surface area contributed by atoms with Crippen LogP contribution in [0.1, 0.15) is 6.92 Å². The summed E-state index contributed by atoms with van der Waals surface area (Å²) in [6.07, 6.45) is 0. The molecule has 108 valence electrons. The SMILES string of the molecule is CC(=O)N1CCN(CC(=O)Nc2cccc(Cl)c2)CC1. The molecule has 1 N–H and O–H groups in total. The summed E-state index contributed by atoms with van der Waals surface area (Å²) >= 11 is 5.87. The van der Waals surface area contributed by atoms with Crippen LogP contribution in [0.4, 0.5) is 5.69 Å². The van der Waals surface area contributed by atoms with Gasteiger partial charge < -0.3 is 10.2 Å². The third-order valence-corrected chi connectivity index (χ3v) is 3.53. The highest BCUT2D eigenvalue weighted by Gasteiger charge is 2.20. The first-order valence-electron chi connectivity index (χ1n) is 6.58. The van der Waals surface area contributed by atoms with Crippen molar-refractivity contribution in [1.82, 2.24) is 9.80 Å². The zero-order chi connectivity index (χ0) is 14.5. The van der Waals surface area contributed by atoms with E-state index in [0.29, 0.717) is 30.3 Å². The summed E-state index contributed by atoms with van der Waals surface area (Å²) in [6.45, 7) is 4.71. The molecule has 1 heterocycles. The zero-order valence-corrected chi connectivity index (χ0v) is 12.2. The maximum atomic E-state index is 11.9. The molecule has 0 aromatic heterocycles. The second-order valence-electron chi connectivity index (χ2n) is 4.84. The standard InChI is InChI=1S/C14H18ClN3O2/c1-11(19)18-7-5-17(6-8-18)10-14(20)16-13-4-2-3-12(15)9-13/h2-4,9H,5-8,10H2,1H3,(H,16,20). The van der Waals surface area contributed by atoms with Crippen molar-refractivity contribution in [2.75, 3.05) is 38.0 Å². The molecule has 2 rings (SSSR count). The van der Waals surface area contributed by atoms with E-state index in [9.17, 15) is 9.59 Å². The van der Waals surface area contributed by atoms with Gasteiger partial charge >= 0.3 is 0 Å². The first kappa shape index (κ1) is 14.8. The van der Waals surface area contributed by atoms with Crippen LogP contribution in [0.5, 0.6) is 0 Å². The number of nitrogens with one attached hydrogen (secondary N) is 1. The highest BCUT2D eigenvalue weighted by Crippen LogP contribution is 2.14. The summed E-state index contributed by atoms with van der Waals surface area (Å²) in [5, 5.41) is 3.41. The van der Waals surface area contributed by atoms with Crippen LogP contribution < -0.4 is 5.32 Å². The fraction of sp³-hybridized carbons (Fsp3) is 0.429. The number of carbonyl (C=O) groups is 2. The van der Waals surface area contributed by atoms with Crippen LogP contribution in [-0.2, 0) is 9.59 Å². The van der Waals surface area contributed by atoms with Crippen LogP contribution in [0.2, 0.25) is 5.02 Å². The first-order valence-corrected chi connectivity index (χ1v) is 6.95. The summed E-state index contributed by atoms with van der Waals surface area (Å²) in [6, 6.07) is 7.08. The van der Waals surface area contributed by atoms with Crippen molar-refractivity contribution in [1.29, 1.82) is 0 Å². The van der Waals surface area contributed by atoms with Crippen LogP contribution in [0, 0.1) is 0 Å². The van der Waals surface area contributed by atoms with E-state index in [1.807, 2.05) is 4.90 Å². The Hall–Kier alpha value is -1.59. The third kappa shape index (κ3) is 4.21. The Balaban J connectivity index is 1.80. The fourth-order valence-electron chi connectivity index (χ4n) is 2.19. The van der Waals surface area contributed by atoms with Crippen molar-refractivity contribution >= 4 is 29.1 Å². The second-order valence-corrected chi connectivity index (χ2v) is 5.28. The fourth-order valence-corrected chi connectivity index (χ4v) is 2.38. The number of hydrogen-bond acceptors (Lipinski definition) is 3. The number of amides is 2. The minimum atomic E-state index is -0.0662. The molecule has 1 saturated heterocycles. The van der Waals surface area contributed by atoms with Gasteiger partial charge in [-0.25, -0.2) is 0 Å².